The first-order chi connectivity index (χ1) is 15.8. The average molecular weight is 471 g/mol. The van der Waals surface area contributed by atoms with E-state index in [0.29, 0.717) is 22.9 Å². The molecule has 1 N–H and O–H groups in total. The van der Waals surface area contributed by atoms with Gasteiger partial charge in [-0.2, -0.15) is 0 Å². The number of nitrogens with one attached hydrogen (secondary N) is 1. The fraction of sp³-hybridized carbons (Fsp3) is 0.208. The smallest absolute Gasteiger partial charge is 0.264 e. The first-order valence-corrected chi connectivity index (χ1v) is 11.5. The van der Waals surface area contributed by atoms with E-state index in [2.05, 4.69) is 5.32 Å². The van der Waals surface area contributed by atoms with Crippen LogP contribution in [-0.4, -0.2) is 42.2 Å². The van der Waals surface area contributed by atoms with Gasteiger partial charge >= 0.3 is 0 Å². The summed E-state index contributed by atoms with van der Waals surface area (Å²) < 4.78 is 43.9. The number of hydrogen-bond donors (Lipinski definition) is 1. The van der Waals surface area contributed by atoms with Crippen LogP contribution in [0.1, 0.15) is 5.56 Å². The van der Waals surface area contributed by atoms with Crippen molar-refractivity contribution in [2.24, 2.45) is 0 Å². The highest BCUT2D eigenvalue weighted by Crippen LogP contribution is 2.34. The molecule has 0 heterocycles. The molecule has 0 aliphatic rings. The zero-order valence-corrected chi connectivity index (χ0v) is 19.7. The molecule has 33 heavy (non-hydrogen) atoms. The molecule has 3 rings (SSSR count). The normalized spacial score (nSPS) is 10.9. The van der Waals surface area contributed by atoms with E-state index in [9.17, 15) is 13.2 Å². The van der Waals surface area contributed by atoms with Gasteiger partial charge in [0.1, 0.15) is 12.3 Å². The molecule has 0 aromatic heterocycles. The van der Waals surface area contributed by atoms with Gasteiger partial charge in [0.05, 0.1) is 31.9 Å². The second-order valence-electron chi connectivity index (χ2n) is 7.14. The molecule has 8 nitrogen and oxygen atoms in total. The predicted octanol–water partition coefficient (Wildman–Crippen LogP) is 3.85. The molecule has 0 aliphatic heterocycles. The van der Waals surface area contributed by atoms with Crippen LogP contribution < -0.4 is 23.8 Å². The number of anilines is 2. The Morgan fingerprint density at radius 3 is 2.21 bits per heavy atom. The number of rotatable bonds is 9. The van der Waals surface area contributed by atoms with Crippen molar-refractivity contribution in [2.45, 2.75) is 11.8 Å². The third kappa shape index (κ3) is 5.56. The Labute approximate surface area is 193 Å². The SMILES string of the molecule is COc1cccc(NC(=O)CN(c2ccc(OC)c(OC)c2)S(=O)(=O)c2ccc(C)cc2)c1. The lowest BCUT2D eigenvalue weighted by Gasteiger charge is -2.25. The van der Waals surface area contributed by atoms with Crippen molar-refractivity contribution in [1.29, 1.82) is 0 Å². The Kier molecular flexibility index (Phi) is 7.44. The van der Waals surface area contributed by atoms with E-state index in [1.165, 1.54) is 39.5 Å². The molecule has 0 saturated heterocycles. The van der Waals surface area contributed by atoms with Gasteiger partial charge in [-0.25, -0.2) is 8.42 Å². The van der Waals surface area contributed by atoms with Crippen LogP contribution in [0.5, 0.6) is 17.2 Å². The van der Waals surface area contributed by atoms with Gasteiger partial charge < -0.3 is 19.5 Å². The summed E-state index contributed by atoms with van der Waals surface area (Å²) in [5, 5.41) is 2.72. The number of ether oxygens (including phenoxy) is 3. The molecule has 174 valence electrons. The number of aryl methyl sites for hydroxylation is 1. The van der Waals surface area contributed by atoms with Gasteiger partial charge in [0, 0.05) is 17.8 Å². The molecule has 0 spiro atoms. The van der Waals surface area contributed by atoms with Crippen LogP contribution in [0.15, 0.2) is 71.6 Å². The molecule has 1 amide bonds. The highest BCUT2D eigenvalue weighted by Gasteiger charge is 2.28. The summed E-state index contributed by atoms with van der Waals surface area (Å²) in [6, 6.07) is 17.9. The van der Waals surface area contributed by atoms with Crippen LogP contribution in [0, 0.1) is 6.92 Å². The zero-order valence-electron chi connectivity index (χ0n) is 18.9. The zero-order chi connectivity index (χ0) is 24.0. The van der Waals surface area contributed by atoms with Gasteiger partial charge in [-0.3, -0.25) is 9.10 Å². The Balaban J connectivity index is 1.99. The molecular formula is C24H26N2O6S. The van der Waals surface area contributed by atoms with Crippen molar-refractivity contribution in [3.63, 3.8) is 0 Å². The molecule has 3 aromatic carbocycles. The predicted molar refractivity (Wildman–Crippen MR) is 127 cm³/mol. The molecule has 9 heteroatoms. The summed E-state index contributed by atoms with van der Waals surface area (Å²) in [6.07, 6.45) is 0. The average Bonchev–Trinajstić information content (AvgIpc) is 2.82. The number of methoxy groups -OCH3 is 3. The van der Waals surface area contributed by atoms with Crippen LogP contribution in [-0.2, 0) is 14.8 Å². The molecule has 0 bridgehead atoms. The molecule has 0 unspecified atom stereocenters. The Morgan fingerprint density at radius 2 is 1.58 bits per heavy atom. The summed E-state index contributed by atoms with van der Waals surface area (Å²) in [7, 11) is 0.398. The van der Waals surface area contributed by atoms with E-state index in [-0.39, 0.29) is 10.6 Å². The fourth-order valence-electron chi connectivity index (χ4n) is 3.16. The summed E-state index contributed by atoms with van der Waals surface area (Å²) in [6.45, 7) is 1.41. The van der Waals surface area contributed by atoms with E-state index in [1.54, 1.807) is 48.5 Å². The molecular weight excluding hydrogens is 444 g/mol. The van der Waals surface area contributed by atoms with Gasteiger partial charge in [-0.15, -0.1) is 0 Å². The summed E-state index contributed by atoms with van der Waals surface area (Å²) in [5.74, 6) is 0.827. The van der Waals surface area contributed by atoms with Crippen LogP contribution in [0.25, 0.3) is 0 Å². The van der Waals surface area contributed by atoms with Gasteiger partial charge in [0.15, 0.2) is 11.5 Å². The molecule has 0 aliphatic carbocycles. The monoisotopic (exact) mass is 470 g/mol. The minimum absolute atomic E-state index is 0.0667. The molecule has 3 aromatic rings. The maximum atomic E-state index is 13.5. The minimum atomic E-state index is -4.06. The lowest BCUT2D eigenvalue weighted by Crippen LogP contribution is -2.38. The highest BCUT2D eigenvalue weighted by atomic mass is 32.2. The van der Waals surface area contributed by atoms with Gasteiger partial charge in [-0.1, -0.05) is 23.8 Å². The van der Waals surface area contributed by atoms with E-state index in [0.717, 1.165) is 9.87 Å². The first-order valence-electron chi connectivity index (χ1n) is 10.0. The lowest BCUT2D eigenvalue weighted by atomic mass is 10.2. The summed E-state index contributed by atoms with van der Waals surface area (Å²) >= 11 is 0. The first kappa shape index (κ1) is 23.9. The third-order valence-corrected chi connectivity index (χ3v) is 6.69. The lowest BCUT2D eigenvalue weighted by molar-refractivity contribution is -0.114. The maximum Gasteiger partial charge on any atom is 0.264 e. The highest BCUT2D eigenvalue weighted by molar-refractivity contribution is 7.92. The van der Waals surface area contributed by atoms with Crippen LogP contribution in [0.2, 0.25) is 0 Å². The summed E-state index contributed by atoms with van der Waals surface area (Å²) in [4.78, 5) is 13.0. The standard InChI is InChI=1S/C24H26N2O6S/c1-17-8-11-21(12-9-17)33(28,29)26(19-10-13-22(31-3)23(15-19)32-4)16-24(27)25-18-6-5-7-20(14-18)30-2/h5-15H,16H2,1-4H3,(H,25,27). The molecule has 0 radical (unpaired) electrons. The number of nitrogens with zero attached hydrogens (tertiary/aromatic N) is 1. The molecule has 0 atom stereocenters. The van der Waals surface area contributed by atoms with Crippen molar-refractivity contribution < 1.29 is 27.4 Å². The van der Waals surface area contributed by atoms with E-state index in [4.69, 9.17) is 14.2 Å². The number of hydrogen-bond acceptors (Lipinski definition) is 6. The van der Waals surface area contributed by atoms with Gasteiger partial charge in [-0.05, 0) is 43.3 Å². The number of amides is 1. The summed E-state index contributed by atoms with van der Waals surface area (Å²) in [5.41, 5.74) is 1.66. The molecule has 0 saturated carbocycles. The molecule has 0 fully saturated rings. The van der Waals surface area contributed by atoms with Crippen molar-refractivity contribution in [2.75, 3.05) is 37.5 Å². The number of carbonyl (C=O) groups excluding carboxylic acids is 1. The topological polar surface area (TPSA) is 94.2 Å². The number of carbonyl (C=O) groups is 1. The van der Waals surface area contributed by atoms with Crippen LogP contribution >= 0.6 is 0 Å². The van der Waals surface area contributed by atoms with Crippen molar-refractivity contribution in [3.8, 4) is 17.2 Å². The number of benzene rings is 3. The Morgan fingerprint density at radius 1 is 0.879 bits per heavy atom. The number of sulfonamides is 1. The largest absolute Gasteiger partial charge is 0.497 e. The van der Waals surface area contributed by atoms with Gasteiger partial charge in [0.2, 0.25) is 5.91 Å². The fourth-order valence-corrected chi connectivity index (χ4v) is 4.58. The van der Waals surface area contributed by atoms with Gasteiger partial charge in [0.25, 0.3) is 10.0 Å². The van der Waals surface area contributed by atoms with Crippen molar-refractivity contribution in [1.82, 2.24) is 0 Å². The van der Waals surface area contributed by atoms with Crippen LogP contribution in [0.4, 0.5) is 11.4 Å². The van der Waals surface area contributed by atoms with E-state index in [1.807, 2.05) is 6.92 Å². The van der Waals surface area contributed by atoms with Crippen molar-refractivity contribution >= 4 is 27.3 Å². The van der Waals surface area contributed by atoms with E-state index < -0.39 is 22.5 Å². The Bertz CT molecular complexity index is 1230. The Hall–Kier alpha value is -3.72. The third-order valence-electron chi connectivity index (χ3n) is 4.90. The van der Waals surface area contributed by atoms with E-state index >= 15 is 0 Å². The second-order valence-corrected chi connectivity index (χ2v) is 9.01. The minimum Gasteiger partial charge on any atom is -0.497 e. The quantitative estimate of drug-likeness (QED) is 0.511. The van der Waals surface area contributed by atoms with Crippen molar-refractivity contribution in [3.05, 3.63) is 72.3 Å². The second kappa shape index (κ2) is 10.3. The maximum absolute atomic E-state index is 13.5. The van der Waals surface area contributed by atoms with Crippen LogP contribution in [0.3, 0.4) is 0 Å².